The molecule has 6 N–H and O–H groups in total. The van der Waals surface area contributed by atoms with Crippen LogP contribution >= 0.6 is 7.82 Å². The Labute approximate surface area is 288 Å². The van der Waals surface area contributed by atoms with Gasteiger partial charge in [0.15, 0.2) is 0 Å². The lowest BCUT2D eigenvalue weighted by Crippen LogP contribution is -2.50. The van der Waals surface area contributed by atoms with Crippen LogP contribution in [-0.4, -0.2) is 72.9 Å². The molecule has 2 atom stereocenters. The van der Waals surface area contributed by atoms with E-state index in [0.29, 0.717) is 18.5 Å². The predicted molar refractivity (Wildman–Crippen MR) is 187 cm³/mol. The van der Waals surface area contributed by atoms with Crippen LogP contribution in [0.4, 0.5) is 10.5 Å². The molecule has 0 fully saturated rings. The number of ether oxygens (including phenoxy) is 1. The lowest BCUT2D eigenvalue weighted by atomic mass is 9.84. The second-order valence-corrected chi connectivity index (χ2v) is 15.0. The van der Waals surface area contributed by atoms with Gasteiger partial charge in [0.05, 0.1) is 18.1 Å². The number of hydrogen-bond donors (Lipinski definition) is 5. The second-order valence-electron chi connectivity index (χ2n) is 11.9. The first kappa shape index (κ1) is 39.7. The monoisotopic (exact) mass is 718 g/mol. The van der Waals surface area contributed by atoms with Crippen molar-refractivity contribution < 1.29 is 41.6 Å². The average molecular weight is 719 g/mol. The SMILES string of the molecule is CCOC(=O)NC(C(=O)NCCCCC(COP(=O)(O)O)N(CC(C)C)S(=O)(=O)c1ccc(N)cc1)C(c1ccccc1)c1ccccc1. The molecule has 3 aromatic carbocycles. The van der Waals surface area contributed by atoms with Crippen molar-refractivity contribution in [2.24, 2.45) is 5.92 Å². The molecule has 3 aromatic rings. The van der Waals surface area contributed by atoms with E-state index in [4.69, 9.17) is 15.0 Å². The van der Waals surface area contributed by atoms with Gasteiger partial charge in [0.1, 0.15) is 6.04 Å². The van der Waals surface area contributed by atoms with Crippen LogP contribution in [0.2, 0.25) is 0 Å². The fourth-order valence-corrected chi connectivity index (χ4v) is 7.57. The van der Waals surface area contributed by atoms with Gasteiger partial charge < -0.3 is 30.9 Å². The van der Waals surface area contributed by atoms with Gasteiger partial charge in [-0.25, -0.2) is 17.8 Å². The average Bonchev–Trinajstić information content (AvgIpc) is 3.05. The summed E-state index contributed by atoms with van der Waals surface area (Å²) in [7, 11) is -9.01. The number of rotatable bonds is 19. The number of unbranched alkanes of at least 4 members (excludes halogenated alkanes) is 1. The van der Waals surface area contributed by atoms with Crippen molar-refractivity contribution in [3.05, 3.63) is 96.1 Å². The number of anilines is 1. The molecular weight excluding hydrogens is 671 g/mol. The largest absolute Gasteiger partial charge is 0.469 e. The van der Waals surface area contributed by atoms with Crippen LogP contribution in [0, 0.1) is 5.92 Å². The first-order valence-corrected chi connectivity index (χ1v) is 19.1. The molecule has 268 valence electrons. The van der Waals surface area contributed by atoms with Crippen molar-refractivity contribution in [3.8, 4) is 0 Å². The Balaban J connectivity index is 1.79. The van der Waals surface area contributed by atoms with E-state index in [1.165, 1.54) is 28.6 Å². The highest BCUT2D eigenvalue weighted by atomic mass is 32.2. The number of amides is 2. The molecule has 13 nitrogen and oxygen atoms in total. The zero-order valence-electron chi connectivity index (χ0n) is 28.0. The molecule has 15 heteroatoms. The number of phosphoric ester groups is 1. The maximum atomic E-state index is 13.8. The van der Waals surface area contributed by atoms with Crippen molar-refractivity contribution >= 4 is 35.5 Å². The van der Waals surface area contributed by atoms with E-state index in [1.54, 1.807) is 6.92 Å². The predicted octanol–water partition coefficient (Wildman–Crippen LogP) is 4.63. The van der Waals surface area contributed by atoms with Crippen molar-refractivity contribution in [2.45, 2.75) is 62.9 Å². The van der Waals surface area contributed by atoms with Crippen LogP contribution in [0.5, 0.6) is 0 Å². The summed E-state index contributed by atoms with van der Waals surface area (Å²) in [6, 6.07) is 22.4. The Bertz CT molecular complexity index is 1580. The van der Waals surface area contributed by atoms with Crippen LogP contribution in [-0.2, 0) is 28.6 Å². The van der Waals surface area contributed by atoms with E-state index in [-0.39, 0.29) is 36.9 Å². The fraction of sp³-hybridized carbons (Fsp3) is 0.412. The third-order valence-electron chi connectivity index (χ3n) is 7.62. The molecule has 0 spiro atoms. The molecule has 2 amide bonds. The maximum Gasteiger partial charge on any atom is 0.469 e. The number of carbonyl (C=O) groups is 2. The van der Waals surface area contributed by atoms with E-state index in [0.717, 1.165) is 11.1 Å². The Morgan fingerprint density at radius 3 is 2.00 bits per heavy atom. The molecule has 0 saturated heterocycles. The zero-order valence-corrected chi connectivity index (χ0v) is 29.7. The van der Waals surface area contributed by atoms with Gasteiger partial charge in [0.2, 0.25) is 15.9 Å². The lowest BCUT2D eigenvalue weighted by molar-refractivity contribution is -0.123. The molecule has 2 unspecified atom stereocenters. The standard InChI is InChI=1S/C34H47N4O9PS/c1-4-46-34(40)37-32(31(26-13-7-5-8-14-26)27-15-9-6-10-16-27)33(39)36-22-12-11-17-29(24-47-48(41,42)43)38(23-25(2)3)49(44,45)30-20-18-28(35)19-21-30/h5-10,13-16,18-21,25,29,31-32H,4,11-12,17,22-24,35H2,1-3H3,(H,36,39)(H,37,40)(H2,41,42,43). The van der Waals surface area contributed by atoms with E-state index < -0.39 is 54.5 Å². The minimum Gasteiger partial charge on any atom is -0.450 e. The summed E-state index contributed by atoms with van der Waals surface area (Å²) in [5, 5.41) is 5.62. The van der Waals surface area contributed by atoms with Crippen LogP contribution in [0.15, 0.2) is 89.8 Å². The second kappa shape index (κ2) is 18.8. The summed E-state index contributed by atoms with van der Waals surface area (Å²) >= 11 is 0. The Hall–Kier alpha value is -3.78. The molecule has 0 heterocycles. The number of alkyl carbamates (subject to hydrolysis) is 1. The molecule has 0 aliphatic heterocycles. The summed E-state index contributed by atoms with van der Waals surface area (Å²) in [5.41, 5.74) is 7.77. The number of nitrogens with one attached hydrogen (secondary N) is 2. The first-order valence-electron chi connectivity index (χ1n) is 16.1. The minimum absolute atomic E-state index is 0.0117. The van der Waals surface area contributed by atoms with Gasteiger partial charge in [-0.2, -0.15) is 4.31 Å². The van der Waals surface area contributed by atoms with Gasteiger partial charge in [0, 0.05) is 30.7 Å². The fourth-order valence-electron chi connectivity index (χ4n) is 5.40. The lowest BCUT2D eigenvalue weighted by Gasteiger charge is -2.32. The summed E-state index contributed by atoms with van der Waals surface area (Å²) in [6.07, 6.45) is 0.207. The van der Waals surface area contributed by atoms with Crippen molar-refractivity contribution in [2.75, 3.05) is 32.0 Å². The number of nitrogens with two attached hydrogens (primary N) is 1. The van der Waals surface area contributed by atoms with Crippen molar-refractivity contribution in [1.29, 1.82) is 0 Å². The number of nitrogen functional groups attached to an aromatic ring is 1. The molecule has 0 radical (unpaired) electrons. The molecule has 0 aromatic heterocycles. The Morgan fingerprint density at radius 1 is 0.918 bits per heavy atom. The van der Waals surface area contributed by atoms with Crippen LogP contribution in [0.3, 0.4) is 0 Å². The van der Waals surface area contributed by atoms with Gasteiger partial charge in [-0.1, -0.05) is 80.9 Å². The Kier molecular flexibility index (Phi) is 15.2. The molecule has 0 aliphatic rings. The number of sulfonamides is 1. The van der Waals surface area contributed by atoms with Crippen LogP contribution in [0.25, 0.3) is 0 Å². The van der Waals surface area contributed by atoms with Crippen molar-refractivity contribution in [1.82, 2.24) is 14.9 Å². The number of phosphoric acid groups is 1. The number of hydrogen-bond acceptors (Lipinski definition) is 8. The van der Waals surface area contributed by atoms with E-state index in [9.17, 15) is 32.4 Å². The molecule has 0 saturated carbocycles. The number of carbonyl (C=O) groups excluding carboxylic acids is 2. The molecule has 3 rings (SSSR count). The summed E-state index contributed by atoms with van der Waals surface area (Å²) in [4.78, 5) is 45.2. The number of benzene rings is 3. The Morgan fingerprint density at radius 2 is 1.49 bits per heavy atom. The van der Waals surface area contributed by atoms with Gasteiger partial charge in [-0.05, 0) is 61.1 Å². The third kappa shape index (κ3) is 12.6. The third-order valence-corrected chi connectivity index (χ3v) is 10.0. The number of nitrogens with zero attached hydrogens (tertiary/aromatic N) is 1. The van der Waals surface area contributed by atoms with Crippen molar-refractivity contribution in [3.63, 3.8) is 0 Å². The van der Waals surface area contributed by atoms with Crippen LogP contribution in [0.1, 0.15) is 57.1 Å². The molecule has 0 aliphatic carbocycles. The normalized spacial score (nSPS) is 13.3. The quantitative estimate of drug-likeness (QED) is 0.0662. The van der Waals surface area contributed by atoms with Gasteiger partial charge in [0.25, 0.3) is 0 Å². The highest BCUT2D eigenvalue weighted by Gasteiger charge is 2.35. The highest BCUT2D eigenvalue weighted by molar-refractivity contribution is 7.89. The highest BCUT2D eigenvalue weighted by Crippen LogP contribution is 2.37. The molecule has 49 heavy (non-hydrogen) atoms. The van der Waals surface area contributed by atoms with Gasteiger partial charge >= 0.3 is 13.9 Å². The summed E-state index contributed by atoms with van der Waals surface area (Å²) < 4.78 is 50.3. The summed E-state index contributed by atoms with van der Waals surface area (Å²) in [6.45, 7) is 5.16. The molecular formula is C34H47N4O9PS. The zero-order chi connectivity index (χ0) is 36.0. The first-order chi connectivity index (χ1) is 23.2. The smallest absolute Gasteiger partial charge is 0.450 e. The topological polar surface area (TPSA) is 198 Å². The van der Waals surface area contributed by atoms with Gasteiger partial charge in [-0.3, -0.25) is 9.32 Å². The van der Waals surface area contributed by atoms with E-state index in [2.05, 4.69) is 10.6 Å². The molecule has 0 bridgehead atoms. The van der Waals surface area contributed by atoms with E-state index in [1.807, 2.05) is 74.5 Å². The van der Waals surface area contributed by atoms with Crippen LogP contribution < -0.4 is 16.4 Å². The van der Waals surface area contributed by atoms with Gasteiger partial charge in [-0.15, -0.1) is 0 Å². The summed E-state index contributed by atoms with van der Waals surface area (Å²) in [5.74, 6) is -1.10. The minimum atomic E-state index is -4.91. The maximum absolute atomic E-state index is 13.8. The van der Waals surface area contributed by atoms with E-state index >= 15 is 0 Å².